The number of aliphatic hydroxyl groups is 1. The second-order valence-electron chi connectivity index (χ2n) is 7.34. The van der Waals surface area contributed by atoms with Crippen molar-refractivity contribution in [2.45, 2.75) is 62.1 Å². The van der Waals surface area contributed by atoms with Crippen molar-refractivity contribution in [2.75, 3.05) is 12.3 Å². The Balaban J connectivity index is 2.78. The van der Waals surface area contributed by atoms with Crippen LogP contribution in [0.1, 0.15) is 39.0 Å². The van der Waals surface area contributed by atoms with E-state index in [-0.39, 0.29) is 38.0 Å². The number of hydrogen-bond acceptors (Lipinski definition) is 8. The molecule has 0 spiro atoms. The topological polar surface area (TPSA) is 187 Å². The Morgan fingerprint density at radius 2 is 1.97 bits per heavy atom. The summed E-state index contributed by atoms with van der Waals surface area (Å²) in [6, 6.07) is -2.32. The minimum Gasteiger partial charge on any atom is -0.481 e. The first kappa shape index (κ1) is 26.4. The molecule has 6 N–H and O–H groups in total. The van der Waals surface area contributed by atoms with Gasteiger partial charge in [0.2, 0.25) is 11.8 Å². The van der Waals surface area contributed by atoms with Crippen LogP contribution in [0, 0.1) is 12.3 Å². The van der Waals surface area contributed by atoms with Gasteiger partial charge in [0.1, 0.15) is 11.8 Å². The zero-order chi connectivity index (χ0) is 23.8. The highest BCUT2D eigenvalue weighted by molar-refractivity contribution is 8.00. The van der Waals surface area contributed by atoms with Crippen LogP contribution in [-0.4, -0.2) is 85.1 Å². The zero-order valence-corrected chi connectivity index (χ0v) is 17.9. The number of carbonyl (C=O) groups excluding carboxylic acids is 3. The fourth-order valence-corrected chi connectivity index (χ4v) is 4.34. The monoisotopic (exact) mass is 457 g/mol. The summed E-state index contributed by atoms with van der Waals surface area (Å²) in [5.74, 6) is -1.73. The standard InChI is InChI=1S/C19H27N3O8S/c1-3-8-22-17(27)14(9-19(22,2)30)31-10-12(13(23)5-7-16(25)26)21-15(24)6-4-11(20)18(28)29/h1,11-12,14,30H,4-10,20H2,2H3,(H,21,24)(H,25,26)(H,28,29)/t11-,12-,14?,19?/m0/s1. The van der Waals surface area contributed by atoms with Gasteiger partial charge >= 0.3 is 11.9 Å². The van der Waals surface area contributed by atoms with Crippen molar-refractivity contribution < 1.29 is 39.3 Å². The molecule has 1 saturated heterocycles. The molecular weight excluding hydrogens is 430 g/mol. The Labute approximate surface area is 183 Å². The van der Waals surface area contributed by atoms with Crippen molar-refractivity contribution in [3.05, 3.63) is 0 Å². The van der Waals surface area contributed by atoms with Crippen molar-refractivity contribution in [2.24, 2.45) is 5.73 Å². The number of likely N-dealkylation sites (tertiary alicyclic amines) is 1. The van der Waals surface area contributed by atoms with E-state index in [2.05, 4.69) is 11.2 Å². The second-order valence-corrected chi connectivity index (χ2v) is 8.57. The second kappa shape index (κ2) is 11.7. The van der Waals surface area contributed by atoms with Gasteiger partial charge in [-0.25, -0.2) is 0 Å². The van der Waals surface area contributed by atoms with Crippen molar-refractivity contribution in [1.29, 1.82) is 0 Å². The number of hydrogen-bond donors (Lipinski definition) is 5. The molecule has 1 fully saturated rings. The molecule has 1 aliphatic heterocycles. The number of nitrogens with two attached hydrogens (primary N) is 1. The van der Waals surface area contributed by atoms with Gasteiger partial charge in [0.25, 0.3) is 0 Å². The maximum absolute atomic E-state index is 12.5. The van der Waals surface area contributed by atoms with E-state index >= 15 is 0 Å². The molecule has 31 heavy (non-hydrogen) atoms. The van der Waals surface area contributed by atoms with Crippen LogP contribution in [0.5, 0.6) is 0 Å². The van der Waals surface area contributed by atoms with E-state index in [9.17, 15) is 29.1 Å². The summed E-state index contributed by atoms with van der Waals surface area (Å²) in [4.78, 5) is 59.7. The van der Waals surface area contributed by atoms with Crippen molar-refractivity contribution in [3.8, 4) is 12.3 Å². The number of nitrogens with zero attached hydrogens (tertiary/aromatic N) is 1. The number of thioether (sulfide) groups is 1. The normalized spacial score (nSPS) is 22.5. The Hall–Kier alpha value is -2.62. The molecule has 0 aliphatic carbocycles. The van der Waals surface area contributed by atoms with E-state index in [4.69, 9.17) is 22.4 Å². The third-order valence-corrected chi connectivity index (χ3v) is 6.01. The molecule has 1 rings (SSSR count). The first-order chi connectivity index (χ1) is 14.4. The number of rotatable bonds is 13. The Morgan fingerprint density at radius 1 is 1.32 bits per heavy atom. The van der Waals surface area contributed by atoms with Crippen LogP contribution in [-0.2, 0) is 24.0 Å². The van der Waals surface area contributed by atoms with Crippen molar-refractivity contribution in [1.82, 2.24) is 10.2 Å². The van der Waals surface area contributed by atoms with Gasteiger partial charge in [0, 0.05) is 25.0 Å². The number of carbonyl (C=O) groups is 5. The third-order valence-electron chi connectivity index (χ3n) is 4.72. The summed E-state index contributed by atoms with van der Waals surface area (Å²) in [5.41, 5.74) is 3.92. The number of ketones is 1. The van der Waals surface area contributed by atoms with Crippen LogP contribution in [0.3, 0.4) is 0 Å². The maximum atomic E-state index is 12.5. The molecule has 1 aliphatic rings. The van der Waals surface area contributed by atoms with Gasteiger partial charge in [0.15, 0.2) is 5.78 Å². The number of amides is 2. The maximum Gasteiger partial charge on any atom is 0.320 e. The summed E-state index contributed by atoms with van der Waals surface area (Å²) in [7, 11) is 0. The molecule has 0 saturated carbocycles. The summed E-state index contributed by atoms with van der Waals surface area (Å²) in [5, 5.41) is 29.7. The van der Waals surface area contributed by atoms with Crippen molar-refractivity contribution in [3.63, 3.8) is 0 Å². The van der Waals surface area contributed by atoms with Gasteiger partial charge in [-0.3, -0.25) is 24.0 Å². The van der Waals surface area contributed by atoms with Gasteiger partial charge in [0.05, 0.1) is 24.3 Å². The highest BCUT2D eigenvalue weighted by Gasteiger charge is 2.46. The highest BCUT2D eigenvalue weighted by atomic mass is 32.2. The molecule has 4 atom stereocenters. The summed E-state index contributed by atoms with van der Waals surface area (Å²) in [6.45, 7) is 1.37. The predicted molar refractivity (Wildman–Crippen MR) is 111 cm³/mol. The number of terminal acetylenes is 1. The van der Waals surface area contributed by atoms with Crippen LogP contribution >= 0.6 is 11.8 Å². The molecule has 0 radical (unpaired) electrons. The average molecular weight is 458 g/mol. The molecule has 0 bridgehead atoms. The largest absolute Gasteiger partial charge is 0.481 e. The molecule has 172 valence electrons. The van der Waals surface area contributed by atoms with Gasteiger partial charge in [-0.2, -0.15) is 0 Å². The van der Waals surface area contributed by atoms with E-state index in [0.717, 1.165) is 16.7 Å². The Bertz CT molecular complexity index is 764. The van der Waals surface area contributed by atoms with E-state index in [1.165, 1.54) is 6.92 Å². The number of aliphatic carboxylic acids is 2. The number of carboxylic acids is 2. The van der Waals surface area contributed by atoms with Crippen LogP contribution < -0.4 is 11.1 Å². The van der Waals surface area contributed by atoms with E-state index in [0.29, 0.717) is 0 Å². The van der Waals surface area contributed by atoms with Crippen LogP contribution in [0.2, 0.25) is 0 Å². The van der Waals surface area contributed by atoms with Gasteiger partial charge in [-0.1, -0.05) is 5.92 Å². The molecule has 2 unspecified atom stereocenters. The fraction of sp³-hybridized carbons (Fsp3) is 0.632. The smallest absolute Gasteiger partial charge is 0.320 e. The molecule has 1 heterocycles. The number of nitrogens with one attached hydrogen (secondary N) is 1. The molecule has 12 heteroatoms. The summed E-state index contributed by atoms with van der Waals surface area (Å²) in [6.07, 6.45) is 4.16. The molecule has 0 aromatic carbocycles. The summed E-state index contributed by atoms with van der Waals surface area (Å²) >= 11 is 1.04. The van der Waals surface area contributed by atoms with E-state index < -0.39 is 59.0 Å². The van der Waals surface area contributed by atoms with Gasteiger partial charge in [-0.15, -0.1) is 18.2 Å². The average Bonchev–Trinajstić information content (AvgIpc) is 2.90. The lowest BCUT2D eigenvalue weighted by atomic mass is 10.1. The lowest BCUT2D eigenvalue weighted by molar-refractivity contribution is -0.141. The molecule has 0 aromatic rings. The quantitative estimate of drug-likeness (QED) is 0.210. The molecular formula is C19H27N3O8S. The van der Waals surface area contributed by atoms with E-state index in [1.807, 2.05) is 0 Å². The van der Waals surface area contributed by atoms with Gasteiger partial charge < -0.3 is 31.3 Å². The lowest BCUT2D eigenvalue weighted by Gasteiger charge is -2.27. The molecule has 11 nitrogen and oxygen atoms in total. The molecule has 0 aromatic heterocycles. The first-order valence-corrected chi connectivity index (χ1v) is 10.5. The van der Waals surface area contributed by atoms with Crippen LogP contribution in [0.15, 0.2) is 0 Å². The van der Waals surface area contributed by atoms with Crippen molar-refractivity contribution >= 4 is 41.3 Å². The van der Waals surface area contributed by atoms with Crippen LogP contribution in [0.4, 0.5) is 0 Å². The highest BCUT2D eigenvalue weighted by Crippen LogP contribution is 2.34. The van der Waals surface area contributed by atoms with E-state index in [1.54, 1.807) is 0 Å². The lowest BCUT2D eigenvalue weighted by Crippen LogP contribution is -2.44. The minimum absolute atomic E-state index is 0.0362. The molecule has 2 amide bonds. The SMILES string of the molecule is C#CCN1C(=O)C(SC[C@H](NC(=O)CC[C@H](N)C(=O)O)C(=O)CCC(=O)O)CC1(C)O. The van der Waals surface area contributed by atoms with Crippen LogP contribution in [0.25, 0.3) is 0 Å². The fourth-order valence-electron chi connectivity index (χ4n) is 2.94. The Morgan fingerprint density at radius 3 is 2.52 bits per heavy atom. The minimum atomic E-state index is -1.44. The number of carboxylic acid groups (broad SMARTS) is 2. The first-order valence-electron chi connectivity index (χ1n) is 9.50. The Kier molecular flexibility index (Phi) is 9.96. The predicted octanol–water partition coefficient (Wildman–Crippen LogP) is -1.23. The zero-order valence-electron chi connectivity index (χ0n) is 17.1. The number of Topliss-reactive ketones (excluding diaryl/α,β-unsaturated/α-hetero) is 1. The third kappa shape index (κ3) is 8.20. The summed E-state index contributed by atoms with van der Waals surface area (Å²) < 4.78 is 0. The van der Waals surface area contributed by atoms with Gasteiger partial charge in [-0.05, 0) is 13.3 Å².